The maximum absolute atomic E-state index is 13.6. The van der Waals surface area contributed by atoms with E-state index in [-0.39, 0.29) is 34.0 Å². The normalized spacial score (nSPS) is 13.8. The van der Waals surface area contributed by atoms with Crippen LogP contribution in [0, 0.1) is 5.92 Å². The van der Waals surface area contributed by atoms with Gasteiger partial charge in [0.2, 0.25) is 0 Å². The number of nitrogens with one attached hydrogen (secondary N) is 2. The van der Waals surface area contributed by atoms with Crippen LogP contribution in [0.15, 0.2) is 82.2 Å². The maximum atomic E-state index is 13.6. The van der Waals surface area contributed by atoms with Crippen LogP contribution in [-0.4, -0.2) is 34.0 Å². The molecule has 1 fully saturated rings. The van der Waals surface area contributed by atoms with E-state index in [0.717, 1.165) is 34.9 Å². The molecule has 3 aromatic carbocycles. The first kappa shape index (κ1) is 30.2. The number of carbonyl (C=O) groups is 1. The smallest absolute Gasteiger partial charge is 0.295 e. The van der Waals surface area contributed by atoms with E-state index < -0.39 is 10.0 Å². The molecule has 204 valence electrons. The van der Waals surface area contributed by atoms with Crippen LogP contribution in [0.5, 0.6) is 5.75 Å². The first-order chi connectivity index (χ1) is 17.8. The van der Waals surface area contributed by atoms with Crippen molar-refractivity contribution in [2.45, 2.75) is 30.6 Å². The van der Waals surface area contributed by atoms with Crippen molar-refractivity contribution in [3.63, 3.8) is 0 Å². The summed E-state index contributed by atoms with van der Waals surface area (Å²) in [6.45, 7) is 2.72. The average molecular weight is 643 g/mol. The Morgan fingerprint density at radius 1 is 1.05 bits per heavy atom. The highest BCUT2D eigenvalue weighted by atomic mass is 79.9. The molecule has 1 saturated heterocycles. The van der Waals surface area contributed by atoms with Gasteiger partial charge in [-0.25, -0.2) is 0 Å². The zero-order chi connectivity index (χ0) is 26.3. The molecule has 0 radical (unpaired) electrons. The lowest BCUT2D eigenvalue weighted by atomic mass is 9.93. The second-order valence-corrected chi connectivity index (χ2v) is 11.9. The van der Waals surface area contributed by atoms with Crippen LogP contribution in [0.3, 0.4) is 0 Å². The Bertz CT molecular complexity index is 1310. The Morgan fingerprint density at radius 3 is 2.39 bits per heavy atom. The highest BCUT2D eigenvalue weighted by Gasteiger charge is 2.28. The summed E-state index contributed by atoms with van der Waals surface area (Å²) in [5.74, 6) is 0.662. The average Bonchev–Trinajstić information content (AvgIpc) is 2.91. The maximum Gasteiger partial charge on any atom is 0.295 e. The molecular weight excluding hydrogens is 613 g/mol. The third-order valence-electron chi connectivity index (χ3n) is 6.21. The molecule has 1 heterocycles. The van der Waals surface area contributed by atoms with Crippen molar-refractivity contribution >= 4 is 61.6 Å². The number of nitrogens with zero attached hydrogens (tertiary/aromatic N) is 1. The SMILES string of the molecule is Cl.O=C(NCCCC1CCNCC1)c1ccc(S(=O)(=O)N(Oc2ccc(Br)cc2Cl)c2ccccc2)cc1. The number of amides is 1. The number of hydrogen-bond acceptors (Lipinski definition) is 5. The van der Waals surface area contributed by atoms with Crippen LogP contribution >= 0.6 is 39.9 Å². The number of anilines is 1. The Labute approximate surface area is 243 Å². The number of halogens is 3. The molecule has 1 amide bonds. The van der Waals surface area contributed by atoms with Crippen LogP contribution in [0.4, 0.5) is 5.69 Å². The number of piperidine rings is 1. The van der Waals surface area contributed by atoms with Crippen molar-refractivity contribution in [3.05, 3.63) is 87.9 Å². The molecule has 38 heavy (non-hydrogen) atoms. The van der Waals surface area contributed by atoms with Gasteiger partial charge >= 0.3 is 0 Å². The van der Waals surface area contributed by atoms with Crippen LogP contribution in [0.1, 0.15) is 36.0 Å². The summed E-state index contributed by atoms with van der Waals surface area (Å²) in [4.78, 5) is 18.4. The van der Waals surface area contributed by atoms with E-state index in [9.17, 15) is 13.2 Å². The number of benzene rings is 3. The van der Waals surface area contributed by atoms with E-state index >= 15 is 0 Å². The first-order valence-corrected chi connectivity index (χ1v) is 14.8. The topological polar surface area (TPSA) is 87.7 Å². The number of rotatable bonds is 10. The fraction of sp³-hybridized carbons (Fsp3) is 0.296. The van der Waals surface area contributed by atoms with Gasteiger partial charge in [-0.1, -0.05) is 50.2 Å². The van der Waals surface area contributed by atoms with Crippen molar-refractivity contribution in [2.75, 3.05) is 24.1 Å². The summed E-state index contributed by atoms with van der Waals surface area (Å²) in [5, 5.41) is 6.54. The van der Waals surface area contributed by atoms with E-state index in [4.69, 9.17) is 16.4 Å². The van der Waals surface area contributed by atoms with Crippen LogP contribution in [0.25, 0.3) is 0 Å². The molecule has 11 heteroatoms. The minimum absolute atomic E-state index is 0. The van der Waals surface area contributed by atoms with Crippen molar-refractivity contribution in [2.24, 2.45) is 5.92 Å². The zero-order valence-electron chi connectivity index (χ0n) is 20.6. The molecule has 2 N–H and O–H groups in total. The standard InChI is InChI=1S/C27H29BrClN3O4S.ClH/c28-22-10-13-26(25(29)19-22)36-32(23-6-2-1-3-7-23)37(34,35)24-11-8-21(9-12-24)27(33)31-16-4-5-20-14-17-30-18-15-20;/h1-3,6-13,19-20,30H,4-5,14-18H2,(H,31,33);1H. The number of hydrogen-bond donors (Lipinski definition) is 2. The van der Waals surface area contributed by atoms with Gasteiger partial charge in [-0.05, 0) is 99.3 Å². The molecule has 1 aliphatic heterocycles. The largest absolute Gasteiger partial charge is 0.363 e. The van der Waals surface area contributed by atoms with E-state index in [2.05, 4.69) is 26.6 Å². The molecule has 0 aromatic heterocycles. The first-order valence-electron chi connectivity index (χ1n) is 12.2. The van der Waals surface area contributed by atoms with Crippen molar-refractivity contribution < 1.29 is 18.0 Å². The van der Waals surface area contributed by atoms with Crippen LogP contribution in [0.2, 0.25) is 5.02 Å². The Balaban J connectivity index is 0.00000400. The van der Waals surface area contributed by atoms with Gasteiger partial charge in [0.1, 0.15) is 0 Å². The molecule has 1 aliphatic rings. The van der Waals surface area contributed by atoms with E-state index in [1.165, 1.54) is 37.1 Å². The van der Waals surface area contributed by atoms with E-state index in [0.29, 0.717) is 23.7 Å². The van der Waals surface area contributed by atoms with Gasteiger partial charge in [-0.15, -0.1) is 12.4 Å². The number of carbonyl (C=O) groups excluding carboxylic acids is 1. The van der Waals surface area contributed by atoms with E-state index in [1.807, 2.05) is 0 Å². The fourth-order valence-electron chi connectivity index (χ4n) is 4.17. The lowest BCUT2D eigenvalue weighted by Crippen LogP contribution is -2.34. The third-order valence-corrected chi connectivity index (χ3v) is 8.59. The van der Waals surface area contributed by atoms with Gasteiger partial charge in [0.15, 0.2) is 5.75 Å². The zero-order valence-corrected chi connectivity index (χ0v) is 24.6. The summed E-state index contributed by atoms with van der Waals surface area (Å²) in [6.07, 6.45) is 4.38. The predicted molar refractivity (Wildman–Crippen MR) is 157 cm³/mol. The lowest BCUT2D eigenvalue weighted by Gasteiger charge is -2.24. The Hall–Kier alpha value is -2.30. The van der Waals surface area contributed by atoms with Gasteiger partial charge in [-0.2, -0.15) is 8.42 Å². The van der Waals surface area contributed by atoms with Crippen LogP contribution in [-0.2, 0) is 10.0 Å². The number of para-hydroxylation sites is 1. The highest BCUT2D eigenvalue weighted by Crippen LogP contribution is 2.32. The quantitative estimate of drug-likeness (QED) is 0.202. The van der Waals surface area contributed by atoms with Crippen molar-refractivity contribution in [1.82, 2.24) is 10.6 Å². The molecule has 0 bridgehead atoms. The summed E-state index contributed by atoms with van der Waals surface area (Å²) >= 11 is 9.62. The van der Waals surface area contributed by atoms with Crippen molar-refractivity contribution in [3.8, 4) is 5.75 Å². The van der Waals surface area contributed by atoms with Gasteiger partial charge in [-0.3, -0.25) is 4.79 Å². The summed E-state index contributed by atoms with van der Waals surface area (Å²) in [7, 11) is -4.15. The van der Waals surface area contributed by atoms with Gasteiger partial charge in [0.05, 0.1) is 15.6 Å². The van der Waals surface area contributed by atoms with E-state index in [1.54, 1.807) is 48.5 Å². The third kappa shape index (κ3) is 7.86. The van der Waals surface area contributed by atoms with Gasteiger partial charge < -0.3 is 15.5 Å². The molecular formula is C27H30BrCl2N3O4S. The monoisotopic (exact) mass is 641 g/mol. The summed E-state index contributed by atoms with van der Waals surface area (Å²) in [6, 6.07) is 19.2. The molecule has 0 aliphatic carbocycles. The molecule has 7 nitrogen and oxygen atoms in total. The fourth-order valence-corrected chi connectivity index (χ4v) is 6.13. The van der Waals surface area contributed by atoms with Crippen LogP contribution < -0.4 is 19.9 Å². The number of sulfonamides is 1. The second kappa shape index (κ2) is 14.2. The predicted octanol–water partition coefficient (Wildman–Crippen LogP) is 6.22. The molecule has 0 spiro atoms. The highest BCUT2D eigenvalue weighted by molar-refractivity contribution is 9.10. The van der Waals surface area contributed by atoms with Crippen molar-refractivity contribution in [1.29, 1.82) is 0 Å². The summed E-state index contributed by atoms with van der Waals surface area (Å²) in [5.41, 5.74) is 0.695. The second-order valence-electron chi connectivity index (χ2n) is 8.85. The minimum Gasteiger partial charge on any atom is -0.363 e. The lowest BCUT2D eigenvalue weighted by molar-refractivity contribution is 0.0952. The molecule has 0 saturated carbocycles. The van der Waals surface area contributed by atoms with Gasteiger partial charge in [0, 0.05) is 16.6 Å². The summed E-state index contributed by atoms with van der Waals surface area (Å²) < 4.78 is 28.8. The Kier molecular flexibility index (Phi) is 11.3. The Morgan fingerprint density at radius 2 is 1.74 bits per heavy atom. The van der Waals surface area contributed by atoms with Gasteiger partial charge in [0.25, 0.3) is 15.9 Å². The molecule has 0 unspecified atom stereocenters. The minimum atomic E-state index is -4.15. The molecule has 3 aromatic rings. The molecule has 0 atom stereocenters. The molecule has 4 rings (SSSR count).